The number of rotatable bonds is 2. The fraction of sp³-hybridized carbons (Fsp3) is 0.500. The number of ether oxygens (including phenoxy) is 2. The van der Waals surface area contributed by atoms with Gasteiger partial charge in [-0.3, -0.25) is 0 Å². The van der Waals surface area contributed by atoms with Crippen molar-refractivity contribution in [2.45, 2.75) is 32.5 Å². The standard InChI is InChI=1S/C12H15IO3/c1-8-6-9(7-10(13)12(8)14)16-11-4-2-3-5-15-11/h6-7,11,14H,2-5H2,1H3. The van der Waals surface area contributed by atoms with Crippen LogP contribution in [-0.4, -0.2) is 18.0 Å². The maximum absolute atomic E-state index is 9.64. The fourth-order valence-electron chi connectivity index (χ4n) is 1.73. The first kappa shape index (κ1) is 12.0. The molecule has 1 aliphatic heterocycles. The number of hydrogen-bond donors (Lipinski definition) is 1. The highest BCUT2D eigenvalue weighted by Crippen LogP contribution is 2.30. The van der Waals surface area contributed by atoms with Gasteiger partial charge in [0.25, 0.3) is 0 Å². The molecule has 1 heterocycles. The molecule has 1 unspecified atom stereocenters. The number of aryl methyl sites for hydroxylation is 1. The molecule has 0 amide bonds. The summed E-state index contributed by atoms with van der Waals surface area (Å²) in [6.07, 6.45) is 3.08. The molecule has 0 aliphatic carbocycles. The molecule has 1 saturated heterocycles. The predicted octanol–water partition coefficient (Wildman–Crippen LogP) is 3.21. The minimum Gasteiger partial charge on any atom is -0.507 e. The third-order valence-corrected chi connectivity index (χ3v) is 3.46. The molecular formula is C12H15IO3. The molecule has 0 saturated carbocycles. The average molecular weight is 334 g/mol. The van der Waals surface area contributed by atoms with Crippen molar-refractivity contribution in [2.24, 2.45) is 0 Å². The molecule has 1 aromatic carbocycles. The van der Waals surface area contributed by atoms with Crippen LogP contribution in [0, 0.1) is 10.5 Å². The van der Waals surface area contributed by atoms with Crippen LogP contribution in [0.4, 0.5) is 0 Å². The van der Waals surface area contributed by atoms with Gasteiger partial charge < -0.3 is 14.6 Å². The second-order valence-corrected chi connectivity index (χ2v) is 5.15. The smallest absolute Gasteiger partial charge is 0.199 e. The lowest BCUT2D eigenvalue weighted by molar-refractivity contribution is -0.105. The van der Waals surface area contributed by atoms with E-state index in [4.69, 9.17) is 9.47 Å². The first-order valence-corrected chi connectivity index (χ1v) is 6.52. The van der Waals surface area contributed by atoms with Gasteiger partial charge in [0, 0.05) is 6.42 Å². The van der Waals surface area contributed by atoms with Crippen LogP contribution in [0.1, 0.15) is 24.8 Å². The number of halogens is 1. The van der Waals surface area contributed by atoms with E-state index < -0.39 is 0 Å². The van der Waals surface area contributed by atoms with Crippen LogP contribution in [0.2, 0.25) is 0 Å². The van der Waals surface area contributed by atoms with Crippen molar-refractivity contribution in [2.75, 3.05) is 6.61 Å². The second kappa shape index (κ2) is 5.23. The SMILES string of the molecule is Cc1cc(OC2CCCCO2)cc(I)c1O. The van der Waals surface area contributed by atoms with Crippen molar-refractivity contribution in [1.82, 2.24) is 0 Å². The summed E-state index contributed by atoms with van der Waals surface area (Å²) in [7, 11) is 0. The van der Waals surface area contributed by atoms with Crippen LogP contribution in [0.15, 0.2) is 12.1 Å². The Labute approximate surface area is 109 Å². The molecule has 0 bridgehead atoms. The summed E-state index contributed by atoms with van der Waals surface area (Å²) in [6.45, 7) is 2.64. The first-order valence-electron chi connectivity index (χ1n) is 5.44. The van der Waals surface area contributed by atoms with E-state index in [0.717, 1.165) is 40.8 Å². The highest BCUT2D eigenvalue weighted by Gasteiger charge is 2.16. The zero-order chi connectivity index (χ0) is 11.5. The van der Waals surface area contributed by atoms with Crippen molar-refractivity contribution in [3.05, 3.63) is 21.3 Å². The van der Waals surface area contributed by atoms with Crippen molar-refractivity contribution in [3.8, 4) is 11.5 Å². The molecule has 1 N–H and O–H groups in total. The number of hydrogen-bond acceptors (Lipinski definition) is 3. The summed E-state index contributed by atoms with van der Waals surface area (Å²) in [5.41, 5.74) is 0.831. The Bertz CT molecular complexity index is 350. The monoisotopic (exact) mass is 334 g/mol. The summed E-state index contributed by atoms with van der Waals surface area (Å²) >= 11 is 2.10. The highest BCUT2D eigenvalue weighted by molar-refractivity contribution is 14.1. The molecule has 1 aromatic rings. The van der Waals surface area contributed by atoms with Gasteiger partial charge in [0.2, 0.25) is 0 Å². The van der Waals surface area contributed by atoms with E-state index in [0.29, 0.717) is 5.75 Å². The zero-order valence-electron chi connectivity index (χ0n) is 9.20. The minimum atomic E-state index is -0.131. The van der Waals surface area contributed by atoms with Gasteiger partial charge in [0.05, 0.1) is 10.2 Å². The molecule has 1 atom stereocenters. The number of phenolic OH excluding ortho intramolecular Hbond substituents is 1. The summed E-state index contributed by atoms with van der Waals surface area (Å²) < 4.78 is 12.0. The maximum Gasteiger partial charge on any atom is 0.199 e. The zero-order valence-corrected chi connectivity index (χ0v) is 11.4. The van der Waals surface area contributed by atoms with Crippen LogP contribution in [0.3, 0.4) is 0 Å². The number of aromatic hydroxyl groups is 1. The Morgan fingerprint density at radius 2 is 2.25 bits per heavy atom. The Balaban J connectivity index is 2.09. The fourth-order valence-corrected chi connectivity index (χ4v) is 2.46. The van der Waals surface area contributed by atoms with Gasteiger partial charge in [-0.1, -0.05) is 0 Å². The molecule has 2 rings (SSSR count). The van der Waals surface area contributed by atoms with Gasteiger partial charge in [-0.25, -0.2) is 0 Å². The molecule has 3 nitrogen and oxygen atoms in total. The van der Waals surface area contributed by atoms with E-state index in [2.05, 4.69) is 22.6 Å². The summed E-state index contributed by atoms with van der Waals surface area (Å²) in [6, 6.07) is 3.68. The molecule has 88 valence electrons. The third-order valence-electron chi connectivity index (χ3n) is 2.63. The third kappa shape index (κ3) is 2.79. The highest BCUT2D eigenvalue weighted by atomic mass is 127. The van der Waals surface area contributed by atoms with Gasteiger partial charge in [-0.15, -0.1) is 0 Å². The number of benzene rings is 1. The van der Waals surface area contributed by atoms with E-state index in [-0.39, 0.29) is 6.29 Å². The van der Waals surface area contributed by atoms with E-state index in [9.17, 15) is 5.11 Å². The van der Waals surface area contributed by atoms with Crippen molar-refractivity contribution >= 4 is 22.6 Å². The Morgan fingerprint density at radius 3 is 2.88 bits per heavy atom. The quantitative estimate of drug-likeness (QED) is 0.844. The molecule has 4 heteroatoms. The molecule has 1 fully saturated rings. The van der Waals surface area contributed by atoms with Crippen LogP contribution in [0.5, 0.6) is 11.5 Å². The summed E-state index contributed by atoms with van der Waals surface area (Å²) in [5, 5.41) is 9.64. The van der Waals surface area contributed by atoms with Crippen LogP contribution < -0.4 is 4.74 Å². The van der Waals surface area contributed by atoms with Crippen LogP contribution >= 0.6 is 22.6 Å². The second-order valence-electron chi connectivity index (χ2n) is 3.98. The summed E-state index contributed by atoms with van der Waals surface area (Å²) in [5.74, 6) is 1.10. The van der Waals surface area contributed by atoms with Gasteiger partial charge >= 0.3 is 0 Å². The lowest BCUT2D eigenvalue weighted by Crippen LogP contribution is -2.25. The van der Waals surface area contributed by atoms with Gasteiger partial charge in [-0.05, 0) is 60.1 Å². The van der Waals surface area contributed by atoms with E-state index in [1.54, 1.807) is 0 Å². The van der Waals surface area contributed by atoms with Crippen molar-refractivity contribution in [1.29, 1.82) is 0 Å². The van der Waals surface area contributed by atoms with E-state index >= 15 is 0 Å². The topological polar surface area (TPSA) is 38.7 Å². The van der Waals surface area contributed by atoms with Crippen molar-refractivity contribution in [3.63, 3.8) is 0 Å². The normalized spacial score (nSPS) is 20.8. The lowest BCUT2D eigenvalue weighted by atomic mass is 10.2. The molecule has 0 aromatic heterocycles. The molecule has 16 heavy (non-hydrogen) atoms. The lowest BCUT2D eigenvalue weighted by Gasteiger charge is -2.23. The predicted molar refractivity (Wildman–Crippen MR) is 69.8 cm³/mol. The number of phenols is 1. The van der Waals surface area contributed by atoms with Crippen LogP contribution in [0.25, 0.3) is 0 Å². The minimum absolute atomic E-state index is 0.131. The van der Waals surface area contributed by atoms with Gasteiger partial charge in [0.1, 0.15) is 11.5 Å². The molecule has 1 aliphatic rings. The van der Waals surface area contributed by atoms with Gasteiger partial charge in [-0.2, -0.15) is 0 Å². The Hall–Kier alpha value is -0.490. The Kier molecular flexibility index (Phi) is 3.91. The van der Waals surface area contributed by atoms with Crippen molar-refractivity contribution < 1.29 is 14.6 Å². The Morgan fingerprint density at radius 1 is 1.44 bits per heavy atom. The maximum atomic E-state index is 9.64. The van der Waals surface area contributed by atoms with E-state index in [1.807, 2.05) is 19.1 Å². The molecular weight excluding hydrogens is 319 g/mol. The average Bonchev–Trinajstić information content (AvgIpc) is 2.27. The largest absolute Gasteiger partial charge is 0.507 e. The molecule has 0 spiro atoms. The molecule has 0 radical (unpaired) electrons. The van der Waals surface area contributed by atoms with Crippen LogP contribution in [-0.2, 0) is 4.74 Å². The first-order chi connectivity index (χ1) is 7.66. The van der Waals surface area contributed by atoms with E-state index in [1.165, 1.54) is 0 Å². The van der Waals surface area contributed by atoms with Gasteiger partial charge in [0.15, 0.2) is 6.29 Å². The summed E-state index contributed by atoms with van der Waals surface area (Å²) in [4.78, 5) is 0.